The Morgan fingerprint density at radius 3 is 2.29 bits per heavy atom. The van der Waals surface area contributed by atoms with Crippen LogP contribution in [0.1, 0.15) is 17.4 Å². The van der Waals surface area contributed by atoms with Gasteiger partial charge in [0.25, 0.3) is 0 Å². The number of nitrogen functional groups attached to an aromatic ring is 1. The van der Waals surface area contributed by atoms with Crippen LogP contribution in [-0.4, -0.2) is 55.4 Å². The standard InChI is InChI=1S/C17H22N4O3/c1-22-14-11-15(23-2)20-17(19-14)16(21-7-9-24-10-8-21)12-5-3-4-6-13(12)18/h3-6,11,16H,7-10,18H2,1-2H3. The average molecular weight is 330 g/mol. The first kappa shape index (κ1) is 16.5. The third-order valence-electron chi connectivity index (χ3n) is 4.06. The molecule has 0 amide bonds. The summed E-state index contributed by atoms with van der Waals surface area (Å²) >= 11 is 0. The smallest absolute Gasteiger partial charge is 0.220 e. The number of ether oxygens (including phenoxy) is 3. The van der Waals surface area contributed by atoms with Crippen LogP contribution in [0.25, 0.3) is 0 Å². The van der Waals surface area contributed by atoms with Crippen molar-refractivity contribution in [3.05, 3.63) is 41.7 Å². The van der Waals surface area contributed by atoms with Crippen LogP contribution in [0.2, 0.25) is 0 Å². The molecule has 0 aliphatic carbocycles. The summed E-state index contributed by atoms with van der Waals surface area (Å²) < 4.78 is 16.1. The number of rotatable bonds is 5. The molecule has 7 heteroatoms. The molecule has 7 nitrogen and oxygen atoms in total. The molecule has 1 aromatic heterocycles. The van der Waals surface area contributed by atoms with Gasteiger partial charge >= 0.3 is 0 Å². The van der Waals surface area contributed by atoms with Gasteiger partial charge in [0.05, 0.1) is 39.5 Å². The molecule has 0 spiro atoms. The molecule has 1 saturated heterocycles. The van der Waals surface area contributed by atoms with Gasteiger partial charge in [0.2, 0.25) is 11.8 Å². The highest BCUT2D eigenvalue weighted by molar-refractivity contribution is 5.50. The van der Waals surface area contributed by atoms with Gasteiger partial charge in [-0.25, -0.2) is 0 Å². The third kappa shape index (κ3) is 3.42. The zero-order valence-electron chi connectivity index (χ0n) is 13.9. The van der Waals surface area contributed by atoms with Gasteiger partial charge in [0.1, 0.15) is 0 Å². The van der Waals surface area contributed by atoms with Crippen molar-refractivity contribution in [2.75, 3.05) is 46.3 Å². The van der Waals surface area contributed by atoms with Gasteiger partial charge in [-0.3, -0.25) is 4.90 Å². The number of nitrogens with zero attached hydrogens (tertiary/aromatic N) is 3. The number of methoxy groups -OCH3 is 2. The molecular formula is C17H22N4O3. The normalized spacial score (nSPS) is 16.6. The summed E-state index contributed by atoms with van der Waals surface area (Å²) in [6.45, 7) is 2.90. The van der Waals surface area contributed by atoms with Crippen molar-refractivity contribution in [1.82, 2.24) is 14.9 Å². The fourth-order valence-electron chi connectivity index (χ4n) is 2.85. The highest BCUT2D eigenvalue weighted by atomic mass is 16.5. The number of nitrogens with two attached hydrogens (primary N) is 1. The van der Waals surface area contributed by atoms with Gasteiger partial charge in [-0.05, 0) is 11.6 Å². The second-order valence-electron chi connectivity index (χ2n) is 5.49. The topological polar surface area (TPSA) is 82.7 Å². The minimum Gasteiger partial charge on any atom is -0.481 e. The van der Waals surface area contributed by atoms with E-state index in [4.69, 9.17) is 19.9 Å². The molecule has 1 aromatic carbocycles. The molecule has 0 bridgehead atoms. The number of anilines is 1. The van der Waals surface area contributed by atoms with Crippen LogP contribution < -0.4 is 15.2 Å². The summed E-state index contributed by atoms with van der Waals surface area (Å²) in [7, 11) is 3.15. The van der Waals surface area contributed by atoms with Crippen LogP contribution in [0.15, 0.2) is 30.3 Å². The zero-order chi connectivity index (χ0) is 16.9. The monoisotopic (exact) mass is 330 g/mol. The molecule has 1 fully saturated rings. The van der Waals surface area contributed by atoms with E-state index in [1.807, 2.05) is 24.3 Å². The second kappa shape index (κ2) is 7.46. The lowest BCUT2D eigenvalue weighted by atomic mass is 10.0. The molecule has 0 radical (unpaired) electrons. The van der Waals surface area contributed by atoms with E-state index < -0.39 is 0 Å². The zero-order valence-corrected chi connectivity index (χ0v) is 13.9. The summed E-state index contributed by atoms with van der Waals surface area (Å²) in [5.74, 6) is 1.53. The summed E-state index contributed by atoms with van der Waals surface area (Å²) in [6.07, 6.45) is 0. The Kier molecular flexibility index (Phi) is 5.12. The van der Waals surface area contributed by atoms with Crippen molar-refractivity contribution >= 4 is 5.69 Å². The number of para-hydroxylation sites is 1. The number of aromatic nitrogens is 2. The molecular weight excluding hydrogens is 308 g/mol. The number of benzene rings is 1. The van der Waals surface area contributed by atoms with Crippen molar-refractivity contribution in [2.24, 2.45) is 0 Å². The van der Waals surface area contributed by atoms with E-state index in [0.717, 1.165) is 18.7 Å². The van der Waals surface area contributed by atoms with E-state index in [9.17, 15) is 0 Å². The van der Waals surface area contributed by atoms with Crippen LogP contribution in [0, 0.1) is 0 Å². The highest BCUT2D eigenvalue weighted by Crippen LogP contribution is 2.32. The summed E-state index contributed by atoms with van der Waals surface area (Å²) in [5.41, 5.74) is 7.91. The summed E-state index contributed by atoms with van der Waals surface area (Å²) in [5, 5.41) is 0. The predicted octanol–water partition coefficient (Wildman–Crippen LogP) is 1.50. The molecule has 1 unspecified atom stereocenters. The van der Waals surface area contributed by atoms with Crippen molar-refractivity contribution in [3.8, 4) is 11.8 Å². The Morgan fingerprint density at radius 1 is 1.08 bits per heavy atom. The quantitative estimate of drug-likeness (QED) is 0.832. The van der Waals surface area contributed by atoms with Gasteiger partial charge in [0.15, 0.2) is 5.82 Å². The first-order chi connectivity index (χ1) is 11.7. The molecule has 1 aliphatic heterocycles. The Morgan fingerprint density at radius 2 is 1.71 bits per heavy atom. The molecule has 0 saturated carbocycles. The molecule has 2 aromatic rings. The van der Waals surface area contributed by atoms with Crippen LogP contribution in [0.5, 0.6) is 11.8 Å². The average Bonchev–Trinajstić information content (AvgIpc) is 2.64. The van der Waals surface area contributed by atoms with Crippen molar-refractivity contribution in [2.45, 2.75) is 6.04 Å². The molecule has 1 atom stereocenters. The lowest BCUT2D eigenvalue weighted by molar-refractivity contribution is 0.0224. The maximum absolute atomic E-state index is 6.23. The first-order valence-corrected chi connectivity index (χ1v) is 7.86. The Labute approximate surface area is 141 Å². The molecule has 1 aliphatic rings. The third-order valence-corrected chi connectivity index (χ3v) is 4.06. The maximum atomic E-state index is 6.23. The van der Waals surface area contributed by atoms with E-state index in [0.29, 0.717) is 36.5 Å². The van der Waals surface area contributed by atoms with E-state index in [1.54, 1.807) is 20.3 Å². The molecule has 128 valence electrons. The fourth-order valence-corrected chi connectivity index (χ4v) is 2.85. The maximum Gasteiger partial charge on any atom is 0.220 e. The first-order valence-electron chi connectivity index (χ1n) is 7.86. The van der Waals surface area contributed by atoms with Crippen LogP contribution in [-0.2, 0) is 4.74 Å². The van der Waals surface area contributed by atoms with Crippen molar-refractivity contribution < 1.29 is 14.2 Å². The van der Waals surface area contributed by atoms with Crippen molar-refractivity contribution in [1.29, 1.82) is 0 Å². The van der Waals surface area contributed by atoms with Gasteiger partial charge in [-0.15, -0.1) is 0 Å². The van der Waals surface area contributed by atoms with E-state index in [2.05, 4.69) is 14.9 Å². The van der Waals surface area contributed by atoms with Gasteiger partial charge in [0, 0.05) is 18.8 Å². The lowest BCUT2D eigenvalue weighted by Gasteiger charge is -2.34. The molecule has 3 rings (SSSR count). The Bertz CT molecular complexity index is 667. The predicted molar refractivity (Wildman–Crippen MR) is 90.2 cm³/mol. The lowest BCUT2D eigenvalue weighted by Crippen LogP contribution is -2.40. The fraction of sp³-hybridized carbons (Fsp3) is 0.412. The van der Waals surface area contributed by atoms with Crippen LogP contribution >= 0.6 is 0 Å². The number of hydrogen-bond donors (Lipinski definition) is 1. The minimum absolute atomic E-state index is 0.181. The number of morpholine rings is 1. The molecule has 2 heterocycles. The van der Waals surface area contributed by atoms with Crippen LogP contribution in [0.3, 0.4) is 0 Å². The van der Waals surface area contributed by atoms with Gasteiger partial charge in [-0.1, -0.05) is 18.2 Å². The summed E-state index contributed by atoms with van der Waals surface area (Å²) in [6, 6.07) is 9.26. The van der Waals surface area contributed by atoms with Crippen molar-refractivity contribution in [3.63, 3.8) is 0 Å². The summed E-state index contributed by atoms with van der Waals surface area (Å²) in [4.78, 5) is 11.4. The van der Waals surface area contributed by atoms with E-state index in [-0.39, 0.29) is 6.04 Å². The molecule has 2 N–H and O–H groups in total. The Balaban J connectivity index is 2.09. The second-order valence-corrected chi connectivity index (χ2v) is 5.49. The minimum atomic E-state index is -0.181. The van der Waals surface area contributed by atoms with E-state index >= 15 is 0 Å². The van der Waals surface area contributed by atoms with Gasteiger partial charge < -0.3 is 19.9 Å². The highest BCUT2D eigenvalue weighted by Gasteiger charge is 2.29. The van der Waals surface area contributed by atoms with Gasteiger partial charge in [-0.2, -0.15) is 9.97 Å². The SMILES string of the molecule is COc1cc(OC)nc(C(c2ccccc2N)N2CCOCC2)n1. The van der Waals surface area contributed by atoms with E-state index in [1.165, 1.54) is 0 Å². The number of hydrogen-bond acceptors (Lipinski definition) is 7. The Hall–Kier alpha value is -2.38. The largest absolute Gasteiger partial charge is 0.481 e. The molecule has 24 heavy (non-hydrogen) atoms. The van der Waals surface area contributed by atoms with Crippen LogP contribution in [0.4, 0.5) is 5.69 Å².